The van der Waals surface area contributed by atoms with Crippen molar-refractivity contribution >= 4 is 11.9 Å². The summed E-state index contributed by atoms with van der Waals surface area (Å²) in [5.41, 5.74) is 0.431. The summed E-state index contributed by atoms with van der Waals surface area (Å²) in [6.45, 7) is 4.00. The predicted molar refractivity (Wildman–Crippen MR) is 72.7 cm³/mol. The molecule has 0 fully saturated rings. The van der Waals surface area contributed by atoms with Crippen LogP contribution in [0, 0.1) is 0 Å². The highest BCUT2D eigenvalue weighted by Crippen LogP contribution is 2.12. The number of hydrogen-bond donors (Lipinski definition) is 3. The molecule has 0 aromatic heterocycles. The number of aliphatic carboxylic acids is 1. The lowest BCUT2D eigenvalue weighted by Crippen LogP contribution is -2.30. The lowest BCUT2D eigenvalue weighted by molar-refractivity contribution is -0.146. The topological polar surface area (TPSA) is 95.9 Å². The summed E-state index contributed by atoms with van der Waals surface area (Å²) in [6, 6.07) is 6.51. The molecular weight excluding hydrogens is 262 g/mol. The van der Waals surface area contributed by atoms with Crippen LogP contribution in [0.1, 0.15) is 16.8 Å². The number of carbonyl (C=O) groups excluding carboxylic acids is 1. The standard InChI is InChI=1S/C14H17NO5/c1-2-9-20-11-5-3-10(4-6-11)13(17)15-8-7-12(16)14(18)19/h2-6,12,16H,1,7-9H2,(H,15,17)(H,18,19). The van der Waals surface area contributed by atoms with E-state index in [9.17, 15) is 9.59 Å². The molecule has 0 spiro atoms. The summed E-state index contributed by atoms with van der Waals surface area (Å²) in [4.78, 5) is 22.1. The molecule has 0 saturated carbocycles. The van der Waals surface area contributed by atoms with Gasteiger partial charge in [-0.25, -0.2) is 4.79 Å². The second-order valence-electron chi connectivity index (χ2n) is 4.02. The number of amides is 1. The van der Waals surface area contributed by atoms with E-state index in [0.717, 1.165) is 0 Å². The van der Waals surface area contributed by atoms with Gasteiger partial charge in [0.25, 0.3) is 5.91 Å². The van der Waals surface area contributed by atoms with Crippen LogP contribution in [-0.4, -0.2) is 41.3 Å². The number of hydrogen-bond acceptors (Lipinski definition) is 4. The quantitative estimate of drug-likeness (QED) is 0.612. The van der Waals surface area contributed by atoms with Crippen molar-refractivity contribution in [1.82, 2.24) is 5.32 Å². The highest BCUT2D eigenvalue weighted by molar-refractivity contribution is 5.94. The van der Waals surface area contributed by atoms with Crippen LogP contribution in [-0.2, 0) is 4.79 Å². The molecule has 1 rings (SSSR count). The molecule has 20 heavy (non-hydrogen) atoms. The highest BCUT2D eigenvalue weighted by Gasteiger charge is 2.13. The molecule has 6 heteroatoms. The summed E-state index contributed by atoms with van der Waals surface area (Å²) >= 11 is 0. The fourth-order valence-corrected chi connectivity index (χ4v) is 1.41. The van der Waals surface area contributed by atoms with Gasteiger partial charge in [0.05, 0.1) is 0 Å². The second kappa shape index (κ2) is 7.96. The minimum absolute atomic E-state index is 0.0401. The monoisotopic (exact) mass is 279 g/mol. The van der Waals surface area contributed by atoms with Crippen molar-refractivity contribution < 1.29 is 24.5 Å². The van der Waals surface area contributed by atoms with Crippen molar-refractivity contribution in [1.29, 1.82) is 0 Å². The average Bonchev–Trinajstić information content (AvgIpc) is 2.45. The predicted octanol–water partition coefficient (Wildman–Crippen LogP) is 0.817. The molecule has 0 bridgehead atoms. The zero-order valence-electron chi connectivity index (χ0n) is 10.9. The van der Waals surface area contributed by atoms with Gasteiger partial charge < -0.3 is 20.3 Å². The summed E-state index contributed by atoms with van der Waals surface area (Å²) in [6.07, 6.45) is 0.112. The first-order valence-electron chi connectivity index (χ1n) is 6.07. The molecular formula is C14H17NO5. The summed E-state index contributed by atoms with van der Waals surface area (Å²) in [5.74, 6) is -1.01. The molecule has 3 N–H and O–H groups in total. The largest absolute Gasteiger partial charge is 0.490 e. The first kappa shape index (κ1) is 15.7. The van der Waals surface area contributed by atoms with E-state index in [1.54, 1.807) is 30.3 Å². The summed E-state index contributed by atoms with van der Waals surface area (Å²) < 4.78 is 5.28. The second-order valence-corrected chi connectivity index (χ2v) is 4.02. The normalized spacial score (nSPS) is 11.4. The molecule has 0 saturated heterocycles. The van der Waals surface area contributed by atoms with Gasteiger partial charge in [-0.05, 0) is 24.3 Å². The zero-order valence-corrected chi connectivity index (χ0v) is 10.9. The van der Waals surface area contributed by atoms with E-state index in [0.29, 0.717) is 17.9 Å². The number of aliphatic hydroxyl groups is 1. The molecule has 108 valence electrons. The minimum atomic E-state index is -1.47. The maximum absolute atomic E-state index is 11.7. The number of ether oxygens (including phenoxy) is 1. The number of benzene rings is 1. The SMILES string of the molecule is C=CCOc1ccc(C(=O)NCCC(O)C(=O)O)cc1. The summed E-state index contributed by atoms with van der Waals surface area (Å²) in [5, 5.41) is 20.1. The molecule has 1 aromatic rings. The molecule has 1 unspecified atom stereocenters. The van der Waals surface area contributed by atoms with Gasteiger partial charge in [-0.2, -0.15) is 0 Å². The maximum atomic E-state index is 11.7. The molecule has 1 atom stereocenters. The molecule has 0 aliphatic carbocycles. The first-order chi connectivity index (χ1) is 9.54. The molecule has 0 aliphatic rings. The van der Waals surface area contributed by atoms with Crippen LogP contribution in [0.2, 0.25) is 0 Å². The highest BCUT2D eigenvalue weighted by atomic mass is 16.5. The third-order valence-electron chi connectivity index (χ3n) is 2.47. The van der Waals surface area contributed by atoms with Crippen molar-refractivity contribution in [2.75, 3.05) is 13.2 Å². The Hall–Kier alpha value is -2.34. The Balaban J connectivity index is 2.43. The van der Waals surface area contributed by atoms with Gasteiger partial charge in [0, 0.05) is 18.5 Å². The fraction of sp³-hybridized carbons (Fsp3) is 0.286. The van der Waals surface area contributed by atoms with Gasteiger partial charge in [-0.3, -0.25) is 4.79 Å². The van der Waals surface area contributed by atoms with E-state index in [-0.39, 0.29) is 18.9 Å². The van der Waals surface area contributed by atoms with Crippen LogP contribution in [0.15, 0.2) is 36.9 Å². The van der Waals surface area contributed by atoms with E-state index in [4.69, 9.17) is 14.9 Å². The van der Waals surface area contributed by atoms with Gasteiger partial charge in [0.2, 0.25) is 0 Å². The lowest BCUT2D eigenvalue weighted by atomic mass is 10.2. The Bertz CT molecular complexity index is 469. The van der Waals surface area contributed by atoms with E-state index in [1.807, 2.05) is 0 Å². The van der Waals surface area contributed by atoms with E-state index in [1.165, 1.54) is 0 Å². The fourth-order valence-electron chi connectivity index (χ4n) is 1.41. The Morgan fingerprint density at radius 3 is 2.55 bits per heavy atom. The van der Waals surface area contributed by atoms with E-state index >= 15 is 0 Å². The van der Waals surface area contributed by atoms with Crippen molar-refractivity contribution in [2.24, 2.45) is 0 Å². The Labute approximate surface area is 116 Å². The van der Waals surface area contributed by atoms with Gasteiger partial charge in [0.1, 0.15) is 12.4 Å². The number of carboxylic acid groups (broad SMARTS) is 1. The van der Waals surface area contributed by atoms with Crippen molar-refractivity contribution in [3.05, 3.63) is 42.5 Å². The van der Waals surface area contributed by atoms with Crippen LogP contribution < -0.4 is 10.1 Å². The molecule has 0 aliphatic heterocycles. The Morgan fingerprint density at radius 2 is 2.00 bits per heavy atom. The number of nitrogens with one attached hydrogen (secondary N) is 1. The van der Waals surface area contributed by atoms with Crippen LogP contribution in [0.3, 0.4) is 0 Å². The third kappa shape index (κ3) is 5.11. The minimum Gasteiger partial charge on any atom is -0.490 e. The number of carbonyl (C=O) groups is 2. The van der Waals surface area contributed by atoms with Crippen LogP contribution in [0.4, 0.5) is 0 Å². The van der Waals surface area contributed by atoms with Crippen molar-refractivity contribution in [2.45, 2.75) is 12.5 Å². The number of aliphatic hydroxyl groups excluding tert-OH is 1. The first-order valence-corrected chi connectivity index (χ1v) is 6.07. The lowest BCUT2D eigenvalue weighted by Gasteiger charge is -2.08. The maximum Gasteiger partial charge on any atom is 0.332 e. The van der Waals surface area contributed by atoms with Gasteiger partial charge in [-0.1, -0.05) is 12.7 Å². The van der Waals surface area contributed by atoms with Gasteiger partial charge in [0.15, 0.2) is 6.10 Å². The van der Waals surface area contributed by atoms with E-state index in [2.05, 4.69) is 11.9 Å². The number of rotatable bonds is 8. The van der Waals surface area contributed by atoms with Crippen LogP contribution in [0.5, 0.6) is 5.75 Å². The molecule has 0 radical (unpaired) electrons. The van der Waals surface area contributed by atoms with Crippen molar-refractivity contribution in [3.63, 3.8) is 0 Å². The van der Waals surface area contributed by atoms with Gasteiger partial charge in [-0.15, -0.1) is 0 Å². The van der Waals surface area contributed by atoms with Crippen molar-refractivity contribution in [3.8, 4) is 5.75 Å². The molecule has 1 amide bonds. The molecule has 6 nitrogen and oxygen atoms in total. The summed E-state index contributed by atoms with van der Waals surface area (Å²) in [7, 11) is 0. The van der Waals surface area contributed by atoms with Gasteiger partial charge >= 0.3 is 5.97 Å². The third-order valence-corrected chi connectivity index (χ3v) is 2.47. The Kier molecular flexibility index (Phi) is 6.25. The molecule has 0 heterocycles. The zero-order chi connectivity index (χ0) is 15.0. The smallest absolute Gasteiger partial charge is 0.332 e. The van der Waals surface area contributed by atoms with E-state index < -0.39 is 12.1 Å². The molecule has 1 aromatic carbocycles. The van der Waals surface area contributed by atoms with Crippen LogP contribution >= 0.6 is 0 Å². The average molecular weight is 279 g/mol. The van der Waals surface area contributed by atoms with Crippen LogP contribution in [0.25, 0.3) is 0 Å². The number of carboxylic acids is 1. The Morgan fingerprint density at radius 1 is 1.35 bits per heavy atom.